The van der Waals surface area contributed by atoms with Crippen LogP contribution in [0.15, 0.2) is 103 Å². The zero-order valence-electron chi connectivity index (χ0n) is 23.4. The number of benzene rings is 4. The molecule has 1 amide bonds. The van der Waals surface area contributed by atoms with Gasteiger partial charge < -0.3 is 14.8 Å². The summed E-state index contributed by atoms with van der Waals surface area (Å²) in [5.74, 6) is 2.91. The van der Waals surface area contributed by atoms with Crippen molar-refractivity contribution in [3.63, 3.8) is 0 Å². The number of pyridine rings is 1. The zero-order valence-corrected chi connectivity index (χ0v) is 23.4. The summed E-state index contributed by atoms with van der Waals surface area (Å²) in [7, 11) is 0. The van der Waals surface area contributed by atoms with Gasteiger partial charge in [0.25, 0.3) is 5.91 Å². The number of hydrogen-bond donors (Lipinski definition) is 1. The first-order valence-corrected chi connectivity index (χ1v) is 13.5. The smallest absolute Gasteiger partial charge is 0.269 e. The number of carbonyl (C=O) groups is 1. The summed E-state index contributed by atoms with van der Waals surface area (Å²) in [4.78, 5) is 17.1. The SMILES string of the molecule is Cc1ccc(Oc2ccc(CCNC(=O)c3cc4ccc(Oc5ccc(C(C)(C)C)cc5)cc4cn3)cc2)cc1. The van der Waals surface area contributed by atoms with Gasteiger partial charge in [-0.15, -0.1) is 0 Å². The molecule has 0 radical (unpaired) electrons. The van der Waals surface area contributed by atoms with E-state index in [-0.39, 0.29) is 11.3 Å². The van der Waals surface area contributed by atoms with E-state index >= 15 is 0 Å². The van der Waals surface area contributed by atoms with Crippen LogP contribution < -0.4 is 14.8 Å². The third-order valence-electron chi connectivity index (χ3n) is 6.76. The highest BCUT2D eigenvalue weighted by atomic mass is 16.5. The summed E-state index contributed by atoms with van der Waals surface area (Å²) >= 11 is 0. The number of ether oxygens (including phenoxy) is 2. The number of fused-ring (bicyclic) bond motifs is 1. The minimum Gasteiger partial charge on any atom is -0.457 e. The number of amides is 1. The van der Waals surface area contributed by atoms with E-state index in [1.165, 1.54) is 11.1 Å². The first-order valence-electron chi connectivity index (χ1n) is 13.5. The normalized spacial score (nSPS) is 11.3. The molecule has 5 nitrogen and oxygen atoms in total. The van der Waals surface area contributed by atoms with Crippen molar-refractivity contribution in [1.82, 2.24) is 10.3 Å². The van der Waals surface area contributed by atoms with Gasteiger partial charge in [-0.2, -0.15) is 0 Å². The maximum atomic E-state index is 12.7. The van der Waals surface area contributed by atoms with Crippen LogP contribution in [-0.2, 0) is 11.8 Å². The number of nitrogens with one attached hydrogen (secondary N) is 1. The number of aryl methyl sites for hydroxylation is 1. The molecule has 5 aromatic rings. The molecule has 0 aliphatic carbocycles. The lowest BCUT2D eigenvalue weighted by Gasteiger charge is -2.19. The van der Waals surface area contributed by atoms with Crippen LogP contribution in [0.3, 0.4) is 0 Å². The fraction of sp³-hybridized carbons (Fsp3) is 0.200. The number of carbonyl (C=O) groups excluding carboxylic acids is 1. The number of nitrogens with zero attached hydrogens (tertiary/aromatic N) is 1. The molecule has 0 unspecified atom stereocenters. The van der Waals surface area contributed by atoms with Crippen LogP contribution in [0.1, 0.15) is 48.0 Å². The highest BCUT2D eigenvalue weighted by Gasteiger charge is 2.13. The van der Waals surface area contributed by atoms with E-state index in [9.17, 15) is 4.79 Å². The topological polar surface area (TPSA) is 60.5 Å². The average molecular weight is 531 g/mol. The van der Waals surface area contributed by atoms with Crippen molar-refractivity contribution in [2.45, 2.75) is 39.5 Å². The van der Waals surface area contributed by atoms with Gasteiger partial charge in [0.2, 0.25) is 0 Å². The minimum atomic E-state index is -0.194. The summed E-state index contributed by atoms with van der Waals surface area (Å²) in [6.07, 6.45) is 2.42. The summed E-state index contributed by atoms with van der Waals surface area (Å²) in [6, 6.07) is 31.7. The largest absolute Gasteiger partial charge is 0.457 e. The van der Waals surface area contributed by atoms with Crippen LogP contribution in [0.4, 0.5) is 0 Å². The molecular formula is C35H34N2O3. The van der Waals surface area contributed by atoms with Crippen molar-refractivity contribution in [3.8, 4) is 23.0 Å². The van der Waals surface area contributed by atoms with Crippen LogP contribution in [0.2, 0.25) is 0 Å². The predicted molar refractivity (Wildman–Crippen MR) is 161 cm³/mol. The maximum absolute atomic E-state index is 12.7. The molecule has 1 N–H and O–H groups in total. The van der Waals surface area contributed by atoms with E-state index in [0.717, 1.165) is 39.3 Å². The molecule has 0 spiro atoms. The van der Waals surface area contributed by atoms with Crippen LogP contribution in [0.25, 0.3) is 10.8 Å². The van der Waals surface area contributed by atoms with Gasteiger partial charge >= 0.3 is 0 Å². The maximum Gasteiger partial charge on any atom is 0.269 e. The third-order valence-corrected chi connectivity index (χ3v) is 6.76. The standard InChI is InChI=1S/C35H34N2O3/c1-24-5-12-29(13-6-24)39-30-14-7-25(8-15-30)19-20-36-34(38)33-22-26-9-16-32(21-27(26)23-37-33)40-31-17-10-28(11-18-31)35(2,3)4/h5-18,21-23H,19-20H2,1-4H3,(H,36,38). The molecule has 0 saturated carbocycles. The Morgan fingerprint density at radius 3 is 1.95 bits per heavy atom. The second kappa shape index (κ2) is 11.6. The van der Waals surface area contributed by atoms with Gasteiger partial charge in [0, 0.05) is 18.1 Å². The monoisotopic (exact) mass is 530 g/mol. The first kappa shape index (κ1) is 26.9. The van der Waals surface area contributed by atoms with E-state index in [2.05, 4.69) is 43.2 Å². The van der Waals surface area contributed by atoms with Gasteiger partial charge in [-0.05, 0) is 89.9 Å². The molecule has 5 heteroatoms. The fourth-order valence-electron chi connectivity index (χ4n) is 4.34. The predicted octanol–water partition coefficient (Wildman–Crippen LogP) is 8.40. The Morgan fingerprint density at radius 2 is 1.30 bits per heavy atom. The second-order valence-electron chi connectivity index (χ2n) is 11.0. The lowest BCUT2D eigenvalue weighted by atomic mass is 9.87. The Hall–Kier alpha value is -4.64. The molecule has 4 aromatic carbocycles. The van der Waals surface area contributed by atoms with Crippen molar-refractivity contribution >= 4 is 16.7 Å². The summed E-state index contributed by atoms with van der Waals surface area (Å²) in [5.41, 5.74) is 4.06. The van der Waals surface area contributed by atoms with Crippen molar-refractivity contribution in [2.75, 3.05) is 6.54 Å². The van der Waals surface area contributed by atoms with Gasteiger partial charge in [-0.3, -0.25) is 9.78 Å². The Kier molecular flexibility index (Phi) is 7.83. The van der Waals surface area contributed by atoms with Crippen molar-refractivity contribution < 1.29 is 14.3 Å². The van der Waals surface area contributed by atoms with Gasteiger partial charge in [0.1, 0.15) is 28.7 Å². The van der Waals surface area contributed by atoms with E-state index < -0.39 is 0 Å². The Balaban J connectivity index is 1.14. The molecule has 1 heterocycles. The molecule has 202 valence electrons. The molecule has 0 aliphatic heterocycles. The number of rotatable bonds is 8. The lowest BCUT2D eigenvalue weighted by Crippen LogP contribution is -2.26. The van der Waals surface area contributed by atoms with Gasteiger partial charge in [0.15, 0.2) is 0 Å². The van der Waals surface area contributed by atoms with Crippen LogP contribution in [0, 0.1) is 6.92 Å². The number of aromatic nitrogens is 1. The van der Waals surface area contributed by atoms with E-state index in [1.807, 2.05) is 91.9 Å². The highest BCUT2D eigenvalue weighted by Crippen LogP contribution is 2.29. The van der Waals surface area contributed by atoms with Gasteiger partial charge in [-0.1, -0.05) is 68.8 Å². The van der Waals surface area contributed by atoms with E-state index in [4.69, 9.17) is 9.47 Å². The van der Waals surface area contributed by atoms with Crippen molar-refractivity contribution in [1.29, 1.82) is 0 Å². The van der Waals surface area contributed by atoms with Gasteiger partial charge in [-0.25, -0.2) is 0 Å². The molecule has 0 saturated heterocycles. The second-order valence-corrected chi connectivity index (χ2v) is 11.0. The molecule has 1 aromatic heterocycles. The summed E-state index contributed by atoms with van der Waals surface area (Å²) in [5, 5.41) is 4.81. The zero-order chi connectivity index (χ0) is 28.1. The van der Waals surface area contributed by atoms with E-state index in [1.54, 1.807) is 6.20 Å². The lowest BCUT2D eigenvalue weighted by molar-refractivity contribution is 0.0949. The summed E-state index contributed by atoms with van der Waals surface area (Å²) < 4.78 is 11.9. The van der Waals surface area contributed by atoms with Crippen molar-refractivity contribution in [3.05, 3.63) is 126 Å². The quantitative estimate of drug-likeness (QED) is 0.219. The van der Waals surface area contributed by atoms with Crippen LogP contribution >= 0.6 is 0 Å². The van der Waals surface area contributed by atoms with E-state index in [0.29, 0.717) is 18.7 Å². The fourth-order valence-corrected chi connectivity index (χ4v) is 4.34. The molecule has 0 fully saturated rings. The molecule has 0 bridgehead atoms. The Labute approximate surface area is 235 Å². The average Bonchev–Trinajstić information content (AvgIpc) is 2.94. The highest BCUT2D eigenvalue weighted by molar-refractivity contribution is 5.96. The van der Waals surface area contributed by atoms with Crippen LogP contribution in [-0.4, -0.2) is 17.4 Å². The van der Waals surface area contributed by atoms with Gasteiger partial charge in [0.05, 0.1) is 0 Å². The molecular weight excluding hydrogens is 496 g/mol. The molecule has 5 rings (SSSR count). The molecule has 40 heavy (non-hydrogen) atoms. The molecule has 0 atom stereocenters. The number of hydrogen-bond acceptors (Lipinski definition) is 4. The third kappa shape index (κ3) is 6.86. The summed E-state index contributed by atoms with van der Waals surface area (Å²) in [6.45, 7) is 9.13. The Morgan fingerprint density at radius 1 is 0.725 bits per heavy atom. The van der Waals surface area contributed by atoms with Crippen LogP contribution in [0.5, 0.6) is 23.0 Å². The Bertz CT molecular complexity index is 1600. The molecule has 0 aliphatic rings. The van der Waals surface area contributed by atoms with Crippen molar-refractivity contribution in [2.24, 2.45) is 0 Å². The first-order chi connectivity index (χ1) is 19.2. The minimum absolute atomic E-state index is 0.0975.